The number of rotatable bonds is 6. The quantitative estimate of drug-likeness (QED) is 0.430. The molecule has 1 aliphatic rings. The molecule has 7 nitrogen and oxygen atoms in total. The lowest BCUT2D eigenvalue weighted by Crippen LogP contribution is -2.48. The predicted molar refractivity (Wildman–Crippen MR) is 109 cm³/mol. The van der Waals surface area contributed by atoms with E-state index in [-0.39, 0.29) is 4.21 Å². The van der Waals surface area contributed by atoms with Crippen LogP contribution in [0.1, 0.15) is 24.6 Å². The Bertz CT molecular complexity index is 1130. The SMILES string of the molecule is COC(=O)[C@]1(NS(=O)(=O)c2cn3cc(CBr)nc3s2)CC1(C)c1ccccc1. The van der Waals surface area contributed by atoms with Crippen LogP contribution in [-0.4, -0.2) is 36.4 Å². The van der Waals surface area contributed by atoms with Crippen LogP contribution in [0.15, 0.2) is 46.9 Å². The van der Waals surface area contributed by atoms with E-state index in [9.17, 15) is 13.2 Å². The number of thiazole rings is 1. The third-order valence-corrected chi connectivity index (χ3v) is 8.80. The number of carbonyl (C=O) groups excluding carboxylic acids is 1. The topological polar surface area (TPSA) is 89.8 Å². The lowest BCUT2D eigenvalue weighted by molar-refractivity contribution is -0.144. The van der Waals surface area contributed by atoms with Gasteiger partial charge in [-0.05, 0) is 12.0 Å². The molecule has 10 heteroatoms. The number of carbonyl (C=O) groups is 1. The summed E-state index contributed by atoms with van der Waals surface area (Å²) in [6.45, 7) is 1.87. The molecule has 0 bridgehead atoms. The third kappa shape index (κ3) is 2.90. The minimum Gasteiger partial charge on any atom is -0.468 e. The van der Waals surface area contributed by atoms with Gasteiger partial charge in [0.05, 0.1) is 12.8 Å². The minimum atomic E-state index is -3.95. The van der Waals surface area contributed by atoms with E-state index in [1.54, 1.807) is 10.6 Å². The zero-order valence-electron chi connectivity index (χ0n) is 15.2. The van der Waals surface area contributed by atoms with Crippen molar-refractivity contribution in [2.45, 2.75) is 33.8 Å². The maximum Gasteiger partial charge on any atom is 0.328 e. The molecule has 0 radical (unpaired) electrons. The first kappa shape index (κ1) is 19.6. The fourth-order valence-electron chi connectivity index (χ4n) is 3.59. The lowest BCUT2D eigenvalue weighted by Gasteiger charge is -2.22. The van der Waals surface area contributed by atoms with E-state index < -0.39 is 26.9 Å². The first-order valence-corrected chi connectivity index (χ1v) is 11.9. The normalized spacial score (nSPS) is 24.4. The van der Waals surface area contributed by atoms with Crippen molar-refractivity contribution in [3.8, 4) is 0 Å². The number of fused-ring (bicyclic) bond motifs is 1. The van der Waals surface area contributed by atoms with Gasteiger partial charge in [0.2, 0.25) is 0 Å². The summed E-state index contributed by atoms with van der Waals surface area (Å²) in [6.07, 6.45) is 3.60. The molecule has 2 atom stereocenters. The van der Waals surface area contributed by atoms with Crippen molar-refractivity contribution in [3.63, 3.8) is 0 Å². The summed E-state index contributed by atoms with van der Waals surface area (Å²) in [5.74, 6) is -0.592. The van der Waals surface area contributed by atoms with Crippen LogP contribution in [0.5, 0.6) is 0 Å². The molecule has 0 amide bonds. The van der Waals surface area contributed by atoms with Gasteiger partial charge in [-0.3, -0.25) is 4.40 Å². The zero-order chi connectivity index (χ0) is 20.2. The van der Waals surface area contributed by atoms with Crippen molar-refractivity contribution in [1.82, 2.24) is 14.1 Å². The molecule has 1 saturated carbocycles. The average molecular weight is 484 g/mol. The number of hydrogen-bond acceptors (Lipinski definition) is 6. The molecule has 1 fully saturated rings. The first-order chi connectivity index (χ1) is 13.3. The Hall–Kier alpha value is -1.75. The molecule has 0 aliphatic heterocycles. The number of hydrogen-bond donors (Lipinski definition) is 1. The van der Waals surface area contributed by atoms with Crippen LogP contribution < -0.4 is 4.72 Å². The first-order valence-electron chi connectivity index (χ1n) is 8.47. The molecule has 0 saturated heterocycles. The number of esters is 1. The summed E-state index contributed by atoms with van der Waals surface area (Å²) < 4.78 is 35.6. The van der Waals surface area contributed by atoms with Crippen molar-refractivity contribution in [2.24, 2.45) is 0 Å². The highest BCUT2D eigenvalue weighted by atomic mass is 79.9. The second-order valence-corrected chi connectivity index (χ2v) is 10.5. The zero-order valence-corrected chi connectivity index (χ0v) is 18.4. The maximum atomic E-state index is 13.1. The number of sulfonamides is 1. The predicted octanol–water partition coefficient (Wildman–Crippen LogP) is 2.84. The molecule has 1 aromatic carbocycles. The van der Waals surface area contributed by atoms with Crippen molar-refractivity contribution in [2.75, 3.05) is 7.11 Å². The van der Waals surface area contributed by atoms with Crippen molar-refractivity contribution in [1.29, 1.82) is 0 Å². The third-order valence-electron chi connectivity index (χ3n) is 5.28. The van der Waals surface area contributed by atoms with Gasteiger partial charge in [0.25, 0.3) is 10.0 Å². The average Bonchev–Trinajstić information content (AvgIpc) is 2.99. The van der Waals surface area contributed by atoms with Gasteiger partial charge in [-0.25, -0.2) is 18.2 Å². The monoisotopic (exact) mass is 483 g/mol. The highest BCUT2D eigenvalue weighted by Crippen LogP contribution is 2.58. The van der Waals surface area contributed by atoms with Crippen LogP contribution in [0.25, 0.3) is 4.96 Å². The highest BCUT2D eigenvalue weighted by molar-refractivity contribution is 9.08. The van der Waals surface area contributed by atoms with Gasteiger partial charge >= 0.3 is 5.97 Å². The second kappa shape index (κ2) is 6.65. The fraction of sp³-hybridized carbons (Fsp3) is 0.333. The second-order valence-electron chi connectivity index (χ2n) is 6.98. The fourth-order valence-corrected chi connectivity index (χ4v) is 6.56. The smallest absolute Gasteiger partial charge is 0.328 e. The Labute approximate surface area is 174 Å². The number of nitrogens with zero attached hydrogens (tertiary/aromatic N) is 2. The Morgan fingerprint density at radius 2 is 2.07 bits per heavy atom. The summed E-state index contributed by atoms with van der Waals surface area (Å²) in [6, 6.07) is 9.39. The standard InChI is InChI=1S/C18H18BrN3O4S2/c1-17(12-6-4-3-5-7-12)11-18(17,15(23)26-2)21-28(24,25)14-10-22-9-13(8-19)20-16(22)27-14/h3-7,9-10,21H,8,11H2,1-2H3/t17?,18-/m1/s1. The number of nitrogens with one attached hydrogen (secondary N) is 1. The number of imidazole rings is 1. The van der Waals surface area contributed by atoms with Gasteiger partial charge in [0.15, 0.2) is 9.17 Å². The Morgan fingerprint density at radius 1 is 1.36 bits per heavy atom. The Morgan fingerprint density at radius 3 is 2.68 bits per heavy atom. The molecule has 1 unspecified atom stereocenters. The van der Waals surface area contributed by atoms with Gasteiger partial charge in [-0.2, -0.15) is 4.72 Å². The van der Waals surface area contributed by atoms with Crippen LogP contribution in [0.4, 0.5) is 0 Å². The highest BCUT2D eigenvalue weighted by Gasteiger charge is 2.72. The van der Waals surface area contributed by atoms with Gasteiger partial charge in [0, 0.05) is 23.1 Å². The van der Waals surface area contributed by atoms with Gasteiger partial charge in [0.1, 0.15) is 5.54 Å². The van der Waals surface area contributed by atoms with Gasteiger partial charge in [-0.15, -0.1) is 0 Å². The number of alkyl halides is 1. The summed E-state index contributed by atoms with van der Waals surface area (Å²) in [5, 5.41) is 0.586. The molecule has 148 valence electrons. The number of benzene rings is 1. The number of halogens is 1. The molecule has 1 aliphatic carbocycles. The molecule has 3 aromatic rings. The molecular weight excluding hydrogens is 466 g/mol. The maximum absolute atomic E-state index is 13.1. The summed E-state index contributed by atoms with van der Waals surface area (Å²) >= 11 is 4.38. The van der Waals surface area contributed by atoms with E-state index >= 15 is 0 Å². The molecule has 0 spiro atoms. The van der Waals surface area contributed by atoms with E-state index in [0.717, 1.165) is 22.6 Å². The molecule has 4 rings (SSSR count). The van der Waals surface area contributed by atoms with Crippen LogP contribution in [0.2, 0.25) is 0 Å². The number of ether oxygens (including phenoxy) is 1. The van der Waals surface area contributed by atoms with Crippen LogP contribution >= 0.6 is 27.3 Å². The van der Waals surface area contributed by atoms with Gasteiger partial charge < -0.3 is 4.74 Å². The van der Waals surface area contributed by atoms with Crippen molar-refractivity contribution < 1.29 is 17.9 Å². The largest absolute Gasteiger partial charge is 0.468 e. The van der Waals surface area contributed by atoms with E-state index in [1.165, 1.54) is 13.3 Å². The molecule has 1 N–H and O–H groups in total. The lowest BCUT2D eigenvalue weighted by atomic mass is 9.93. The molecule has 28 heavy (non-hydrogen) atoms. The van der Waals surface area contributed by atoms with E-state index in [1.807, 2.05) is 37.3 Å². The van der Waals surface area contributed by atoms with Crippen LogP contribution in [0.3, 0.4) is 0 Å². The molecule has 2 heterocycles. The molecule has 2 aromatic heterocycles. The number of methoxy groups -OCH3 is 1. The Kier molecular flexibility index (Phi) is 4.65. The van der Waals surface area contributed by atoms with Crippen molar-refractivity contribution >= 4 is 48.2 Å². The van der Waals surface area contributed by atoms with E-state index in [0.29, 0.717) is 16.7 Å². The summed E-state index contributed by atoms with van der Waals surface area (Å²) in [4.78, 5) is 17.6. The minimum absolute atomic E-state index is 0.0988. The van der Waals surface area contributed by atoms with Crippen molar-refractivity contribution in [3.05, 3.63) is 54.0 Å². The van der Waals surface area contributed by atoms with Crippen LogP contribution in [0, 0.1) is 0 Å². The van der Waals surface area contributed by atoms with E-state index in [4.69, 9.17) is 4.74 Å². The van der Waals surface area contributed by atoms with Gasteiger partial charge in [-0.1, -0.05) is 64.5 Å². The summed E-state index contributed by atoms with van der Waals surface area (Å²) in [5.41, 5.74) is -0.330. The van der Waals surface area contributed by atoms with Crippen LogP contribution in [-0.2, 0) is 30.3 Å². The molecular formula is C18H18BrN3O4S2. The number of aromatic nitrogens is 2. The van der Waals surface area contributed by atoms with E-state index in [2.05, 4.69) is 25.6 Å². The summed E-state index contributed by atoms with van der Waals surface area (Å²) in [7, 11) is -2.68. The Balaban J connectivity index is 1.70.